The van der Waals surface area contributed by atoms with Gasteiger partial charge in [-0.2, -0.15) is 0 Å². The lowest BCUT2D eigenvalue weighted by molar-refractivity contribution is 0.310. The fraction of sp³-hybridized carbons (Fsp3) is 0.471. The van der Waals surface area contributed by atoms with Crippen LogP contribution in [-0.4, -0.2) is 19.9 Å². The van der Waals surface area contributed by atoms with Crippen molar-refractivity contribution in [2.75, 3.05) is 5.73 Å². The van der Waals surface area contributed by atoms with Gasteiger partial charge in [0.2, 0.25) is 0 Å². The Bertz CT molecular complexity index is 776. The first kappa shape index (κ1) is 15.5. The maximum atomic E-state index is 5.89. The predicted octanol–water partition coefficient (Wildman–Crippen LogP) is 3.88. The van der Waals surface area contributed by atoms with Crippen LogP contribution in [0.5, 0.6) is 0 Å². The van der Waals surface area contributed by atoms with Gasteiger partial charge in [-0.3, -0.25) is 0 Å². The van der Waals surface area contributed by atoms with E-state index in [4.69, 9.17) is 15.3 Å². The molecule has 6 heteroatoms. The van der Waals surface area contributed by atoms with Crippen molar-refractivity contribution in [3.8, 4) is 11.5 Å². The number of unbranched alkanes of at least 4 members (excludes halogenated alkanes) is 1. The Morgan fingerprint density at radius 2 is 2.04 bits per heavy atom. The van der Waals surface area contributed by atoms with Crippen molar-refractivity contribution in [2.45, 2.75) is 46.1 Å². The van der Waals surface area contributed by atoms with Crippen LogP contribution in [0.1, 0.15) is 39.5 Å². The number of benzene rings is 1. The molecule has 0 saturated heterocycles. The highest BCUT2D eigenvalue weighted by molar-refractivity contribution is 5.81. The monoisotopic (exact) mass is 313 g/mol. The second-order valence-corrected chi connectivity index (χ2v) is 5.95. The summed E-state index contributed by atoms with van der Waals surface area (Å²) in [5, 5.41) is 7.63. The molecule has 0 saturated carbocycles. The van der Waals surface area contributed by atoms with E-state index in [0.29, 0.717) is 11.6 Å². The Labute approximate surface area is 135 Å². The number of imidazole rings is 1. The molecule has 3 rings (SSSR count). The molecule has 2 aromatic heterocycles. The van der Waals surface area contributed by atoms with Crippen LogP contribution in [0, 0.1) is 5.92 Å². The van der Waals surface area contributed by atoms with E-state index in [9.17, 15) is 0 Å². The largest absolute Gasteiger partial charge is 0.379 e. The van der Waals surface area contributed by atoms with Crippen molar-refractivity contribution in [2.24, 2.45) is 5.92 Å². The van der Waals surface area contributed by atoms with Gasteiger partial charge in [-0.1, -0.05) is 45.2 Å². The lowest BCUT2D eigenvalue weighted by atomic mass is 9.99. The first-order valence-electron chi connectivity index (χ1n) is 8.28. The Balaban J connectivity index is 2.04. The van der Waals surface area contributed by atoms with Crippen molar-refractivity contribution in [3.63, 3.8) is 0 Å². The minimum Gasteiger partial charge on any atom is -0.379 e. The van der Waals surface area contributed by atoms with Crippen LogP contribution >= 0.6 is 0 Å². The normalized spacial score (nSPS) is 12.8. The first-order valence-corrected chi connectivity index (χ1v) is 8.28. The summed E-state index contributed by atoms with van der Waals surface area (Å²) < 4.78 is 6.97. The number of hydrogen-bond donors (Lipinski definition) is 1. The van der Waals surface area contributed by atoms with Crippen LogP contribution in [0.15, 0.2) is 28.9 Å². The van der Waals surface area contributed by atoms with E-state index in [1.165, 1.54) is 19.3 Å². The molecule has 0 aliphatic heterocycles. The molecule has 0 spiro atoms. The highest BCUT2D eigenvalue weighted by Gasteiger charge is 2.20. The number of nitrogen functional groups attached to an aromatic ring is 1. The molecule has 0 amide bonds. The van der Waals surface area contributed by atoms with Gasteiger partial charge in [-0.15, -0.1) is 0 Å². The summed E-state index contributed by atoms with van der Waals surface area (Å²) in [6, 6.07) is 8.11. The van der Waals surface area contributed by atoms with Crippen molar-refractivity contribution < 1.29 is 4.63 Å². The van der Waals surface area contributed by atoms with E-state index in [1.54, 1.807) is 0 Å². The van der Waals surface area contributed by atoms with Crippen LogP contribution in [0.4, 0.5) is 5.82 Å². The number of anilines is 1. The van der Waals surface area contributed by atoms with Crippen molar-refractivity contribution in [1.29, 1.82) is 0 Å². The Morgan fingerprint density at radius 1 is 1.22 bits per heavy atom. The summed E-state index contributed by atoms with van der Waals surface area (Å²) in [5.74, 6) is 1.62. The van der Waals surface area contributed by atoms with Crippen molar-refractivity contribution in [3.05, 3.63) is 24.3 Å². The lowest BCUT2D eigenvalue weighted by Crippen LogP contribution is -2.12. The second kappa shape index (κ2) is 6.81. The standard InChI is InChI=1S/C17H23N5O/c1-3-5-8-12(4-2)11-22-14-10-7-6-9-13(14)19-17(22)15-16(18)21-23-20-15/h6-7,9-10,12H,3-5,8,11H2,1-2H3,(H2,18,21)/t12-/m0/s1. The summed E-state index contributed by atoms with van der Waals surface area (Å²) in [7, 11) is 0. The Kier molecular flexibility index (Phi) is 4.60. The summed E-state index contributed by atoms with van der Waals surface area (Å²) in [5.41, 5.74) is 8.44. The average molecular weight is 313 g/mol. The van der Waals surface area contributed by atoms with E-state index >= 15 is 0 Å². The topological polar surface area (TPSA) is 82.8 Å². The molecule has 0 aliphatic carbocycles. The number of rotatable bonds is 7. The SMILES string of the molecule is CCCC[C@H](CC)Cn1c(-c2nonc2N)nc2ccccc21. The van der Waals surface area contributed by atoms with Crippen LogP contribution in [0.25, 0.3) is 22.6 Å². The lowest BCUT2D eigenvalue weighted by Gasteiger charge is -2.17. The van der Waals surface area contributed by atoms with Gasteiger partial charge in [0.1, 0.15) is 0 Å². The minimum absolute atomic E-state index is 0.281. The predicted molar refractivity (Wildman–Crippen MR) is 90.7 cm³/mol. The van der Waals surface area contributed by atoms with Crippen LogP contribution in [0.2, 0.25) is 0 Å². The number of aromatic nitrogens is 4. The zero-order valence-corrected chi connectivity index (χ0v) is 13.7. The molecular weight excluding hydrogens is 290 g/mol. The van der Waals surface area contributed by atoms with Gasteiger partial charge in [0, 0.05) is 6.54 Å². The van der Waals surface area contributed by atoms with Gasteiger partial charge in [-0.25, -0.2) is 9.61 Å². The van der Waals surface area contributed by atoms with Gasteiger partial charge in [0.15, 0.2) is 17.3 Å². The molecule has 2 N–H and O–H groups in total. The molecule has 6 nitrogen and oxygen atoms in total. The average Bonchev–Trinajstić information content (AvgIpc) is 3.14. The second-order valence-electron chi connectivity index (χ2n) is 5.95. The number of hydrogen-bond acceptors (Lipinski definition) is 5. The van der Waals surface area contributed by atoms with Gasteiger partial charge < -0.3 is 10.3 Å². The van der Waals surface area contributed by atoms with Gasteiger partial charge >= 0.3 is 0 Å². The molecule has 2 heterocycles. The van der Waals surface area contributed by atoms with E-state index in [1.807, 2.05) is 18.2 Å². The smallest absolute Gasteiger partial charge is 0.199 e. The van der Waals surface area contributed by atoms with Gasteiger partial charge in [0.05, 0.1) is 11.0 Å². The maximum Gasteiger partial charge on any atom is 0.199 e. The summed E-state index contributed by atoms with van der Waals surface area (Å²) in [4.78, 5) is 4.70. The molecule has 0 fully saturated rings. The fourth-order valence-corrected chi connectivity index (χ4v) is 2.97. The van der Waals surface area contributed by atoms with Crippen LogP contribution < -0.4 is 5.73 Å². The van der Waals surface area contributed by atoms with Crippen molar-refractivity contribution >= 4 is 16.9 Å². The van der Waals surface area contributed by atoms with E-state index < -0.39 is 0 Å². The third-order valence-corrected chi connectivity index (χ3v) is 4.36. The van der Waals surface area contributed by atoms with Crippen molar-refractivity contribution in [1.82, 2.24) is 19.9 Å². The fourth-order valence-electron chi connectivity index (χ4n) is 2.97. The molecule has 0 radical (unpaired) electrons. The zero-order valence-electron chi connectivity index (χ0n) is 13.7. The molecule has 1 aromatic carbocycles. The number of nitrogens with two attached hydrogens (primary N) is 1. The summed E-state index contributed by atoms with van der Waals surface area (Å²) >= 11 is 0. The summed E-state index contributed by atoms with van der Waals surface area (Å²) in [6.07, 6.45) is 4.81. The molecule has 0 aliphatic rings. The maximum absolute atomic E-state index is 5.89. The Hall–Kier alpha value is -2.37. The number of nitrogens with zero attached hydrogens (tertiary/aromatic N) is 4. The molecule has 1 atom stereocenters. The van der Waals surface area contributed by atoms with Crippen LogP contribution in [0.3, 0.4) is 0 Å². The molecule has 3 aromatic rings. The molecule has 0 bridgehead atoms. The van der Waals surface area contributed by atoms with Crippen LogP contribution in [-0.2, 0) is 6.54 Å². The van der Waals surface area contributed by atoms with E-state index in [0.717, 1.165) is 29.8 Å². The quantitative estimate of drug-likeness (QED) is 0.715. The molecule has 122 valence electrons. The number of para-hydroxylation sites is 2. The Morgan fingerprint density at radius 3 is 2.74 bits per heavy atom. The third-order valence-electron chi connectivity index (χ3n) is 4.36. The van der Waals surface area contributed by atoms with Gasteiger partial charge in [-0.05, 0) is 34.8 Å². The van der Waals surface area contributed by atoms with E-state index in [-0.39, 0.29) is 5.82 Å². The summed E-state index contributed by atoms with van der Waals surface area (Å²) in [6.45, 7) is 5.37. The highest BCUT2D eigenvalue weighted by atomic mass is 16.6. The highest BCUT2D eigenvalue weighted by Crippen LogP contribution is 2.28. The van der Waals surface area contributed by atoms with Gasteiger partial charge in [0.25, 0.3) is 0 Å². The number of fused-ring (bicyclic) bond motifs is 1. The van der Waals surface area contributed by atoms with E-state index in [2.05, 4.69) is 34.8 Å². The molecule has 0 unspecified atom stereocenters. The molecule has 23 heavy (non-hydrogen) atoms. The minimum atomic E-state index is 0.281. The zero-order chi connectivity index (χ0) is 16.2. The third kappa shape index (κ3) is 3.06. The molecular formula is C17H23N5O. The first-order chi connectivity index (χ1) is 11.2.